The number of ether oxygens (including phenoxy) is 2. The van der Waals surface area contributed by atoms with Crippen molar-refractivity contribution in [2.45, 2.75) is 59.3 Å². The van der Waals surface area contributed by atoms with Crippen LogP contribution in [0.1, 0.15) is 46.6 Å². The fourth-order valence-electron chi connectivity index (χ4n) is 2.34. The first-order chi connectivity index (χ1) is 13.1. The van der Waals surface area contributed by atoms with Crippen molar-refractivity contribution in [3.63, 3.8) is 0 Å². The molecule has 0 radical (unpaired) electrons. The molecule has 1 rings (SSSR count). The van der Waals surface area contributed by atoms with Crippen LogP contribution in [0.2, 0.25) is 0 Å². The van der Waals surface area contributed by atoms with Crippen LogP contribution in [-0.4, -0.2) is 42.6 Å². The molecule has 2 atom stereocenters. The topological polar surface area (TPSA) is 93.7 Å². The smallest absolute Gasteiger partial charge is 0.408 e. The highest BCUT2D eigenvalue weighted by Gasteiger charge is 2.28. The molecular weight excluding hydrogens is 360 g/mol. The SMILES string of the molecule is CCC(C)C(NC(=O)OC(C)(C)C)C(=O)NCC(=O)COCc1ccccc1. The Kier molecular flexibility index (Phi) is 9.65. The standard InChI is InChI=1S/C21H32N2O5/c1-6-15(2)18(23-20(26)28-21(3,4)5)19(25)22-12-17(24)14-27-13-16-10-8-7-9-11-16/h7-11,15,18H,6,12-14H2,1-5H3,(H,22,25)(H,23,26). The average molecular weight is 392 g/mol. The highest BCUT2D eigenvalue weighted by atomic mass is 16.6. The number of rotatable bonds is 10. The Labute approximate surface area is 167 Å². The molecule has 156 valence electrons. The number of ketones is 1. The highest BCUT2D eigenvalue weighted by molar-refractivity contribution is 5.90. The molecular formula is C21H32N2O5. The highest BCUT2D eigenvalue weighted by Crippen LogP contribution is 2.11. The van der Waals surface area contributed by atoms with Crippen molar-refractivity contribution >= 4 is 17.8 Å². The normalized spacial score (nSPS) is 13.3. The van der Waals surface area contributed by atoms with Gasteiger partial charge >= 0.3 is 6.09 Å². The number of Topliss-reactive ketones (excluding diaryl/α,β-unsaturated/α-hetero) is 1. The van der Waals surface area contributed by atoms with Crippen LogP contribution < -0.4 is 10.6 Å². The van der Waals surface area contributed by atoms with Gasteiger partial charge in [0.1, 0.15) is 18.2 Å². The molecule has 0 aliphatic carbocycles. The lowest BCUT2D eigenvalue weighted by molar-refractivity contribution is -0.129. The molecule has 0 spiro atoms. The van der Waals surface area contributed by atoms with E-state index in [2.05, 4.69) is 10.6 Å². The Hall–Kier alpha value is -2.41. The minimum Gasteiger partial charge on any atom is -0.444 e. The van der Waals surface area contributed by atoms with Gasteiger partial charge in [-0.2, -0.15) is 0 Å². The average Bonchev–Trinajstić information content (AvgIpc) is 2.63. The molecule has 0 bridgehead atoms. The third kappa shape index (κ3) is 9.50. The second-order valence-electron chi connectivity index (χ2n) is 7.74. The van der Waals surface area contributed by atoms with Crippen LogP contribution in [0.3, 0.4) is 0 Å². The molecule has 0 fully saturated rings. The van der Waals surface area contributed by atoms with E-state index in [9.17, 15) is 14.4 Å². The van der Waals surface area contributed by atoms with Crippen molar-refractivity contribution in [3.05, 3.63) is 35.9 Å². The second-order valence-corrected chi connectivity index (χ2v) is 7.74. The number of carbonyl (C=O) groups is 3. The van der Waals surface area contributed by atoms with Crippen molar-refractivity contribution in [2.24, 2.45) is 5.92 Å². The maximum Gasteiger partial charge on any atom is 0.408 e. The van der Waals surface area contributed by atoms with E-state index in [0.29, 0.717) is 13.0 Å². The van der Waals surface area contributed by atoms with Gasteiger partial charge in [-0.15, -0.1) is 0 Å². The lowest BCUT2D eigenvalue weighted by Crippen LogP contribution is -2.52. The Bertz CT molecular complexity index is 640. The summed E-state index contributed by atoms with van der Waals surface area (Å²) >= 11 is 0. The zero-order valence-corrected chi connectivity index (χ0v) is 17.4. The van der Waals surface area contributed by atoms with Gasteiger partial charge in [-0.25, -0.2) is 4.79 Å². The summed E-state index contributed by atoms with van der Waals surface area (Å²) < 4.78 is 10.6. The van der Waals surface area contributed by atoms with Crippen molar-refractivity contribution in [3.8, 4) is 0 Å². The Morgan fingerprint density at radius 2 is 1.75 bits per heavy atom. The molecule has 0 aliphatic rings. The van der Waals surface area contributed by atoms with Gasteiger partial charge in [0, 0.05) is 0 Å². The lowest BCUT2D eigenvalue weighted by Gasteiger charge is -2.26. The van der Waals surface area contributed by atoms with E-state index >= 15 is 0 Å². The largest absolute Gasteiger partial charge is 0.444 e. The number of hydrogen-bond acceptors (Lipinski definition) is 5. The van der Waals surface area contributed by atoms with Crippen molar-refractivity contribution in [1.29, 1.82) is 0 Å². The molecule has 28 heavy (non-hydrogen) atoms. The van der Waals surface area contributed by atoms with E-state index in [-0.39, 0.29) is 24.9 Å². The summed E-state index contributed by atoms with van der Waals surface area (Å²) in [7, 11) is 0. The van der Waals surface area contributed by atoms with Crippen LogP contribution in [0.15, 0.2) is 30.3 Å². The monoisotopic (exact) mass is 392 g/mol. The Morgan fingerprint density at radius 3 is 2.32 bits per heavy atom. The zero-order chi connectivity index (χ0) is 21.2. The summed E-state index contributed by atoms with van der Waals surface area (Å²) in [6.07, 6.45) is 0.0210. The number of amides is 2. The predicted octanol–water partition coefficient (Wildman–Crippen LogP) is 2.83. The first-order valence-corrected chi connectivity index (χ1v) is 9.53. The first kappa shape index (κ1) is 23.6. The minimum atomic E-state index is -0.780. The van der Waals surface area contributed by atoms with Crippen LogP contribution in [0.5, 0.6) is 0 Å². The molecule has 7 heteroatoms. The van der Waals surface area contributed by atoms with Crippen molar-refractivity contribution < 1.29 is 23.9 Å². The van der Waals surface area contributed by atoms with Gasteiger partial charge in [-0.05, 0) is 32.3 Å². The molecule has 2 unspecified atom stereocenters. The van der Waals surface area contributed by atoms with Gasteiger partial charge in [0.05, 0.1) is 13.2 Å². The van der Waals surface area contributed by atoms with Gasteiger partial charge in [0.15, 0.2) is 5.78 Å². The van der Waals surface area contributed by atoms with E-state index < -0.39 is 23.6 Å². The number of hydrogen-bond donors (Lipinski definition) is 2. The number of benzene rings is 1. The molecule has 1 aromatic rings. The van der Waals surface area contributed by atoms with E-state index in [1.165, 1.54) is 0 Å². The summed E-state index contributed by atoms with van der Waals surface area (Å²) in [6, 6.07) is 8.73. The van der Waals surface area contributed by atoms with Crippen LogP contribution in [0.25, 0.3) is 0 Å². The Morgan fingerprint density at radius 1 is 1.11 bits per heavy atom. The van der Waals surface area contributed by atoms with Crippen LogP contribution in [0, 0.1) is 5.92 Å². The van der Waals surface area contributed by atoms with Gasteiger partial charge in [-0.1, -0.05) is 50.6 Å². The minimum absolute atomic E-state index is 0.0946. The maximum absolute atomic E-state index is 12.5. The molecule has 0 heterocycles. The van der Waals surface area contributed by atoms with E-state index in [1.54, 1.807) is 20.8 Å². The second kappa shape index (κ2) is 11.4. The molecule has 0 aliphatic heterocycles. The van der Waals surface area contributed by atoms with E-state index in [4.69, 9.17) is 9.47 Å². The fourth-order valence-corrected chi connectivity index (χ4v) is 2.34. The molecule has 2 N–H and O–H groups in total. The number of carbonyl (C=O) groups excluding carboxylic acids is 3. The van der Waals surface area contributed by atoms with Crippen molar-refractivity contribution in [2.75, 3.05) is 13.2 Å². The zero-order valence-electron chi connectivity index (χ0n) is 17.4. The van der Waals surface area contributed by atoms with Crippen LogP contribution in [0.4, 0.5) is 4.79 Å². The molecule has 1 aromatic carbocycles. The summed E-state index contributed by atoms with van der Waals surface area (Å²) in [5, 5.41) is 5.17. The Balaban J connectivity index is 2.46. The summed E-state index contributed by atoms with van der Waals surface area (Å²) in [5.41, 5.74) is 0.310. The van der Waals surface area contributed by atoms with Crippen molar-refractivity contribution in [1.82, 2.24) is 10.6 Å². The molecule has 2 amide bonds. The van der Waals surface area contributed by atoms with Gasteiger partial charge in [0.2, 0.25) is 5.91 Å². The molecule has 0 aromatic heterocycles. The van der Waals surface area contributed by atoms with E-state index in [0.717, 1.165) is 5.56 Å². The summed E-state index contributed by atoms with van der Waals surface area (Å²) in [6.45, 7) is 9.10. The molecule has 0 saturated carbocycles. The third-order valence-electron chi connectivity index (χ3n) is 4.00. The van der Waals surface area contributed by atoms with Gasteiger partial charge in [0.25, 0.3) is 0 Å². The number of nitrogens with one attached hydrogen (secondary N) is 2. The molecule has 7 nitrogen and oxygen atoms in total. The number of alkyl carbamates (subject to hydrolysis) is 1. The van der Waals surface area contributed by atoms with E-state index in [1.807, 2.05) is 44.2 Å². The first-order valence-electron chi connectivity index (χ1n) is 9.53. The fraction of sp³-hybridized carbons (Fsp3) is 0.571. The predicted molar refractivity (Wildman–Crippen MR) is 107 cm³/mol. The van der Waals surface area contributed by atoms with Gasteiger partial charge < -0.3 is 20.1 Å². The summed E-state index contributed by atoms with van der Waals surface area (Å²) in [5.74, 6) is -0.780. The van der Waals surface area contributed by atoms with Gasteiger partial charge in [-0.3, -0.25) is 9.59 Å². The van der Waals surface area contributed by atoms with Crippen LogP contribution >= 0.6 is 0 Å². The quantitative estimate of drug-likeness (QED) is 0.639. The lowest BCUT2D eigenvalue weighted by atomic mass is 9.98. The maximum atomic E-state index is 12.5. The molecule has 0 saturated heterocycles. The summed E-state index contributed by atoms with van der Waals surface area (Å²) in [4.78, 5) is 36.4. The third-order valence-corrected chi connectivity index (χ3v) is 4.00. The van der Waals surface area contributed by atoms with Crippen LogP contribution in [-0.2, 0) is 25.7 Å².